The maximum atomic E-state index is 9.06. The number of aromatic nitrogens is 3. The van der Waals surface area contributed by atoms with Crippen LogP contribution < -0.4 is 4.74 Å². The zero-order valence-electron chi connectivity index (χ0n) is 10.5. The molecule has 0 saturated heterocycles. The van der Waals surface area contributed by atoms with Crippen LogP contribution in [-0.2, 0) is 13.2 Å². The lowest BCUT2D eigenvalue weighted by atomic mass is 10.3. The van der Waals surface area contributed by atoms with Crippen LogP contribution in [-0.4, -0.2) is 19.5 Å². The van der Waals surface area contributed by atoms with E-state index < -0.39 is 0 Å². The first-order valence-electron chi connectivity index (χ1n) is 6.07. The summed E-state index contributed by atoms with van der Waals surface area (Å²) in [6, 6.07) is 8.95. The first kappa shape index (κ1) is 12.9. The van der Waals surface area contributed by atoms with Gasteiger partial charge in [-0.15, -0.1) is 0 Å². The van der Waals surface area contributed by atoms with Crippen molar-refractivity contribution in [1.82, 2.24) is 14.4 Å². The minimum Gasteiger partial charge on any atom is -0.471 e. The first-order chi connectivity index (χ1) is 9.76. The minimum absolute atomic E-state index is 0.0388. The number of fused-ring (bicyclic) bond motifs is 1. The molecule has 0 bridgehead atoms. The number of nitrogens with zero attached hydrogens (tertiary/aromatic N) is 3. The average Bonchev–Trinajstić information content (AvgIpc) is 2.90. The Morgan fingerprint density at radius 3 is 3.00 bits per heavy atom. The van der Waals surface area contributed by atoms with Crippen molar-refractivity contribution in [2.24, 2.45) is 0 Å². The molecule has 0 aliphatic rings. The Kier molecular flexibility index (Phi) is 3.54. The van der Waals surface area contributed by atoms with Gasteiger partial charge in [-0.1, -0.05) is 17.7 Å². The van der Waals surface area contributed by atoms with E-state index in [1.807, 2.05) is 18.3 Å². The quantitative estimate of drug-likeness (QED) is 0.750. The van der Waals surface area contributed by atoms with E-state index in [4.69, 9.17) is 21.4 Å². The normalized spacial score (nSPS) is 10.9. The molecule has 0 radical (unpaired) electrons. The summed E-state index contributed by atoms with van der Waals surface area (Å²) < 4.78 is 7.35. The van der Waals surface area contributed by atoms with Crippen LogP contribution >= 0.6 is 11.6 Å². The van der Waals surface area contributed by atoms with Gasteiger partial charge in [-0.05, 0) is 23.8 Å². The molecule has 0 unspecified atom stereocenters. The van der Waals surface area contributed by atoms with Crippen molar-refractivity contribution in [3.8, 4) is 5.88 Å². The van der Waals surface area contributed by atoms with Crippen molar-refractivity contribution < 1.29 is 9.84 Å². The fraction of sp³-hybridized carbons (Fsp3) is 0.143. The molecule has 0 aromatic carbocycles. The third kappa shape index (κ3) is 2.59. The molecule has 3 aromatic heterocycles. The molecule has 0 saturated carbocycles. The summed E-state index contributed by atoms with van der Waals surface area (Å²) in [4.78, 5) is 8.49. The highest BCUT2D eigenvalue weighted by molar-refractivity contribution is 6.29. The van der Waals surface area contributed by atoms with E-state index in [0.29, 0.717) is 17.6 Å². The average molecular weight is 290 g/mol. The molecule has 6 heteroatoms. The number of hydrogen-bond acceptors (Lipinski definition) is 4. The molecule has 3 aromatic rings. The van der Waals surface area contributed by atoms with Crippen molar-refractivity contribution in [3.05, 3.63) is 59.1 Å². The lowest BCUT2D eigenvalue weighted by molar-refractivity contribution is 0.273. The number of hydrogen-bond donors (Lipinski definition) is 1. The van der Waals surface area contributed by atoms with Gasteiger partial charge < -0.3 is 9.84 Å². The Morgan fingerprint density at radius 2 is 2.20 bits per heavy atom. The second kappa shape index (κ2) is 5.48. The van der Waals surface area contributed by atoms with Crippen LogP contribution in [0.25, 0.3) is 5.65 Å². The molecule has 0 fully saturated rings. The Labute approximate surface area is 120 Å². The molecule has 3 heterocycles. The molecule has 5 nitrogen and oxygen atoms in total. The van der Waals surface area contributed by atoms with E-state index >= 15 is 0 Å². The molecule has 0 aliphatic heterocycles. The summed E-state index contributed by atoms with van der Waals surface area (Å²) in [6.45, 7) is 0.253. The van der Waals surface area contributed by atoms with E-state index in [2.05, 4.69) is 9.97 Å². The molecule has 0 atom stereocenters. The number of pyridine rings is 2. The Balaban J connectivity index is 1.78. The summed E-state index contributed by atoms with van der Waals surface area (Å²) in [7, 11) is 0. The summed E-state index contributed by atoms with van der Waals surface area (Å²) in [6.07, 6.45) is 3.43. The van der Waals surface area contributed by atoms with E-state index in [0.717, 1.165) is 16.9 Å². The van der Waals surface area contributed by atoms with Crippen LogP contribution in [0.1, 0.15) is 11.3 Å². The van der Waals surface area contributed by atoms with Gasteiger partial charge in [0, 0.05) is 18.5 Å². The topological polar surface area (TPSA) is 59.7 Å². The maximum Gasteiger partial charge on any atom is 0.213 e. The number of rotatable bonds is 4. The number of ether oxygens (including phenoxy) is 1. The van der Waals surface area contributed by atoms with Crippen molar-refractivity contribution in [3.63, 3.8) is 0 Å². The standard InChI is InChI=1S/C14H12ClN3O2/c15-12-2-1-3-13-17-11(7-18(12)13)9-20-14-6-10(8-19)4-5-16-14/h1-7,19H,8-9H2. The molecular weight excluding hydrogens is 278 g/mol. The van der Waals surface area contributed by atoms with Gasteiger partial charge in [-0.3, -0.25) is 4.40 Å². The number of imidazole rings is 1. The molecular formula is C14H12ClN3O2. The Hall–Kier alpha value is -2.11. The van der Waals surface area contributed by atoms with Gasteiger partial charge >= 0.3 is 0 Å². The van der Waals surface area contributed by atoms with E-state index in [-0.39, 0.29) is 6.61 Å². The third-order valence-electron chi connectivity index (χ3n) is 2.84. The van der Waals surface area contributed by atoms with E-state index in [1.165, 1.54) is 0 Å². The second-order valence-corrected chi connectivity index (χ2v) is 4.65. The zero-order chi connectivity index (χ0) is 13.9. The van der Waals surface area contributed by atoms with Gasteiger partial charge in [0.05, 0.1) is 12.3 Å². The first-order valence-corrected chi connectivity index (χ1v) is 6.45. The molecule has 0 aliphatic carbocycles. The largest absolute Gasteiger partial charge is 0.471 e. The van der Waals surface area contributed by atoms with Crippen LogP contribution in [0.4, 0.5) is 0 Å². The van der Waals surface area contributed by atoms with Crippen LogP contribution in [0.2, 0.25) is 5.15 Å². The van der Waals surface area contributed by atoms with Crippen LogP contribution in [0.15, 0.2) is 42.7 Å². The fourth-order valence-electron chi connectivity index (χ4n) is 1.87. The van der Waals surface area contributed by atoms with Crippen LogP contribution in [0.5, 0.6) is 5.88 Å². The van der Waals surface area contributed by atoms with E-state index in [9.17, 15) is 0 Å². The van der Waals surface area contributed by atoms with Crippen LogP contribution in [0, 0.1) is 0 Å². The van der Waals surface area contributed by atoms with Gasteiger partial charge in [0.15, 0.2) is 0 Å². The van der Waals surface area contributed by atoms with Gasteiger partial charge in [0.1, 0.15) is 17.4 Å². The molecule has 3 rings (SSSR count). The third-order valence-corrected chi connectivity index (χ3v) is 3.15. The zero-order valence-corrected chi connectivity index (χ0v) is 11.3. The number of aliphatic hydroxyl groups is 1. The molecule has 0 amide bonds. The summed E-state index contributed by atoms with van der Waals surface area (Å²) >= 11 is 6.07. The summed E-state index contributed by atoms with van der Waals surface area (Å²) in [5.74, 6) is 0.458. The highest BCUT2D eigenvalue weighted by Gasteiger charge is 2.05. The number of aliphatic hydroxyl groups excluding tert-OH is 1. The predicted molar refractivity (Wildman–Crippen MR) is 74.7 cm³/mol. The van der Waals surface area contributed by atoms with Crippen molar-refractivity contribution in [2.75, 3.05) is 0 Å². The van der Waals surface area contributed by atoms with Gasteiger partial charge in [-0.2, -0.15) is 0 Å². The van der Waals surface area contributed by atoms with Gasteiger partial charge in [0.25, 0.3) is 0 Å². The Bertz CT molecular complexity index is 742. The molecule has 0 spiro atoms. The molecule has 102 valence electrons. The summed E-state index contributed by atoms with van der Waals surface area (Å²) in [5.41, 5.74) is 2.29. The lowest BCUT2D eigenvalue weighted by Crippen LogP contribution is -1.98. The smallest absolute Gasteiger partial charge is 0.213 e. The van der Waals surface area contributed by atoms with Gasteiger partial charge in [-0.25, -0.2) is 9.97 Å². The molecule has 1 N–H and O–H groups in total. The monoisotopic (exact) mass is 289 g/mol. The fourth-order valence-corrected chi connectivity index (χ4v) is 2.08. The Morgan fingerprint density at radius 1 is 1.30 bits per heavy atom. The second-order valence-electron chi connectivity index (χ2n) is 4.26. The van der Waals surface area contributed by atoms with Crippen LogP contribution in [0.3, 0.4) is 0 Å². The minimum atomic E-state index is -0.0388. The SMILES string of the molecule is OCc1ccnc(OCc2cn3c(Cl)cccc3n2)c1. The van der Waals surface area contributed by atoms with Crippen molar-refractivity contribution in [1.29, 1.82) is 0 Å². The van der Waals surface area contributed by atoms with Gasteiger partial charge in [0.2, 0.25) is 5.88 Å². The predicted octanol–water partition coefficient (Wildman–Crippen LogP) is 2.45. The lowest BCUT2D eigenvalue weighted by Gasteiger charge is -2.03. The van der Waals surface area contributed by atoms with Crippen molar-refractivity contribution in [2.45, 2.75) is 13.2 Å². The van der Waals surface area contributed by atoms with E-state index in [1.54, 1.807) is 28.8 Å². The molecule has 20 heavy (non-hydrogen) atoms. The maximum absolute atomic E-state index is 9.06. The highest BCUT2D eigenvalue weighted by atomic mass is 35.5. The highest BCUT2D eigenvalue weighted by Crippen LogP contribution is 2.15. The summed E-state index contributed by atoms with van der Waals surface area (Å²) in [5, 5.41) is 9.66. The number of halogens is 1. The van der Waals surface area contributed by atoms with Crippen molar-refractivity contribution >= 4 is 17.2 Å².